The van der Waals surface area contributed by atoms with Crippen LogP contribution in [0.3, 0.4) is 0 Å². The molecule has 0 unspecified atom stereocenters. The number of halogens is 2. The number of likely N-dealkylation sites (tertiary alicyclic amines) is 1. The van der Waals surface area contributed by atoms with Gasteiger partial charge in [0, 0.05) is 17.5 Å². The zero-order valence-electron chi connectivity index (χ0n) is 10.1. The van der Waals surface area contributed by atoms with Gasteiger partial charge in [0.05, 0.1) is 6.54 Å². The Morgan fingerprint density at radius 2 is 1.94 bits per heavy atom. The lowest BCUT2D eigenvalue weighted by atomic mass is 10.1. The van der Waals surface area contributed by atoms with E-state index in [4.69, 9.17) is 0 Å². The summed E-state index contributed by atoms with van der Waals surface area (Å²) in [5, 5.41) is 0. The highest BCUT2D eigenvalue weighted by molar-refractivity contribution is 5.18. The third-order valence-electron chi connectivity index (χ3n) is 3.20. The van der Waals surface area contributed by atoms with Crippen molar-refractivity contribution in [3.8, 4) is 0 Å². The van der Waals surface area contributed by atoms with Gasteiger partial charge in [0.2, 0.25) is 0 Å². The fraction of sp³-hybridized carbons (Fsp3) is 0.615. The number of aryl methyl sites for hydroxylation is 1. The molecule has 1 saturated heterocycles. The molecule has 17 heavy (non-hydrogen) atoms. The first-order valence-corrected chi connectivity index (χ1v) is 6.11. The van der Waals surface area contributed by atoms with Crippen molar-refractivity contribution in [3.05, 3.63) is 29.6 Å². The van der Waals surface area contributed by atoms with Crippen LogP contribution >= 0.6 is 0 Å². The molecule has 2 nitrogen and oxygen atoms in total. The van der Waals surface area contributed by atoms with E-state index in [0.717, 1.165) is 38.0 Å². The van der Waals surface area contributed by atoms with E-state index in [2.05, 4.69) is 4.98 Å². The number of piperidine rings is 1. The summed E-state index contributed by atoms with van der Waals surface area (Å²) in [6.07, 6.45) is 4.51. The van der Waals surface area contributed by atoms with Crippen molar-refractivity contribution in [2.75, 3.05) is 19.6 Å². The lowest BCUT2D eigenvalue weighted by molar-refractivity contribution is -0.0418. The Morgan fingerprint density at radius 1 is 1.24 bits per heavy atom. The molecular formula is C13H18F2N2. The fourth-order valence-corrected chi connectivity index (χ4v) is 2.17. The summed E-state index contributed by atoms with van der Waals surface area (Å²) >= 11 is 0. The maximum atomic E-state index is 14.0. The first-order chi connectivity index (χ1) is 8.08. The van der Waals surface area contributed by atoms with Crippen molar-refractivity contribution in [2.24, 2.45) is 0 Å². The SMILES string of the molecule is Cc1ccc(C(F)(F)CN2CCCCC2)cn1. The summed E-state index contributed by atoms with van der Waals surface area (Å²) in [4.78, 5) is 5.79. The van der Waals surface area contributed by atoms with Crippen LogP contribution in [0.15, 0.2) is 18.3 Å². The van der Waals surface area contributed by atoms with E-state index < -0.39 is 5.92 Å². The molecule has 0 amide bonds. The van der Waals surface area contributed by atoms with Gasteiger partial charge in [-0.3, -0.25) is 9.88 Å². The third kappa shape index (κ3) is 3.22. The molecule has 0 bridgehead atoms. The molecular weight excluding hydrogens is 222 g/mol. The average Bonchev–Trinajstić information content (AvgIpc) is 2.30. The van der Waals surface area contributed by atoms with Crippen molar-refractivity contribution < 1.29 is 8.78 Å². The Morgan fingerprint density at radius 3 is 2.53 bits per heavy atom. The normalized spacial score (nSPS) is 18.3. The topological polar surface area (TPSA) is 16.1 Å². The average molecular weight is 240 g/mol. The van der Waals surface area contributed by atoms with E-state index >= 15 is 0 Å². The first-order valence-electron chi connectivity index (χ1n) is 6.11. The van der Waals surface area contributed by atoms with Gasteiger partial charge in [0.15, 0.2) is 0 Å². The van der Waals surface area contributed by atoms with Crippen molar-refractivity contribution in [1.82, 2.24) is 9.88 Å². The molecule has 1 fully saturated rings. The highest BCUT2D eigenvalue weighted by atomic mass is 19.3. The highest BCUT2D eigenvalue weighted by Gasteiger charge is 2.34. The highest BCUT2D eigenvalue weighted by Crippen LogP contribution is 2.29. The summed E-state index contributed by atoms with van der Waals surface area (Å²) < 4.78 is 28.0. The van der Waals surface area contributed by atoms with Gasteiger partial charge in [-0.2, -0.15) is 8.78 Å². The van der Waals surface area contributed by atoms with Gasteiger partial charge in [0.25, 0.3) is 5.92 Å². The molecule has 1 aliphatic heterocycles. The van der Waals surface area contributed by atoms with Crippen LogP contribution in [-0.4, -0.2) is 29.5 Å². The molecule has 4 heteroatoms. The lowest BCUT2D eigenvalue weighted by Crippen LogP contribution is -2.38. The molecule has 0 radical (unpaired) electrons. The minimum absolute atomic E-state index is 0.0219. The van der Waals surface area contributed by atoms with E-state index in [1.165, 1.54) is 12.3 Å². The first kappa shape index (κ1) is 12.4. The summed E-state index contributed by atoms with van der Waals surface area (Å²) in [7, 11) is 0. The quantitative estimate of drug-likeness (QED) is 0.807. The lowest BCUT2D eigenvalue weighted by Gasteiger charge is -2.30. The van der Waals surface area contributed by atoms with E-state index in [1.54, 1.807) is 13.0 Å². The molecule has 0 aromatic carbocycles. The summed E-state index contributed by atoms with van der Waals surface area (Å²) in [5.74, 6) is -2.79. The Kier molecular flexibility index (Phi) is 3.72. The van der Waals surface area contributed by atoms with Gasteiger partial charge in [0.1, 0.15) is 0 Å². The third-order valence-corrected chi connectivity index (χ3v) is 3.20. The molecule has 0 spiro atoms. The summed E-state index contributed by atoms with van der Waals surface area (Å²) in [6.45, 7) is 3.19. The van der Waals surface area contributed by atoms with Crippen molar-refractivity contribution in [2.45, 2.75) is 32.1 Å². The molecule has 0 atom stereocenters. The van der Waals surface area contributed by atoms with Crippen LogP contribution in [-0.2, 0) is 5.92 Å². The minimum atomic E-state index is -2.79. The smallest absolute Gasteiger partial charge is 0.287 e. The number of pyridine rings is 1. The Hall–Kier alpha value is -1.03. The second-order valence-electron chi connectivity index (χ2n) is 4.73. The number of hydrogen-bond acceptors (Lipinski definition) is 2. The van der Waals surface area contributed by atoms with Crippen LogP contribution in [0.2, 0.25) is 0 Å². The predicted molar refractivity (Wildman–Crippen MR) is 63.2 cm³/mol. The Balaban J connectivity index is 2.04. The Bertz CT molecular complexity index is 356. The molecule has 2 rings (SSSR count). The summed E-state index contributed by atoms with van der Waals surface area (Å²) in [5.41, 5.74) is 0.788. The van der Waals surface area contributed by atoms with Crippen LogP contribution in [0, 0.1) is 6.92 Å². The fourth-order valence-electron chi connectivity index (χ4n) is 2.17. The van der Waals surface area contributed by atoms with E-state index in [-0.39, 0.29) is 12.1 Å². The van der Waals surface area contributed by atoms with Crippen molar-refractivity contribution >= 4 is 0 Å². The second-order valence-corrected chi connectivity index (χ2v) is 4.73. The van der Waals surface area contributed by atoms with Gasteiger partial charge in [-0.25, -0.2) is 0 Å². The van der Waals surface area contributed by atoms with E-state index in [9.17, 15) is 8.78 Å². The van der Waals surface area contributed by atoms with E-state index in [0.29, 0.717) is 0 Å². The van der Waals surface area contributed by atoms with Gasteiger partial charge in [-0.1, -0.05) is 6.42 Å². The molecule has 0 aliphatic carbocycles. The van der Waals surface area contributed by atoms with Gasteiger partial charge in [-0.05, 0) is 45.0 Å². The van der Waals surface area contributed by atoms with Crippen LogP contribution in [0.1, 0.15) is 30.5 Å². The van der Waals surface area contributed by atoms with Gasteiger partial charge in [-0.15, -0.1) is 0 Å². The van der Waals surface area contributed by atoms with E-state index in [1.807, 2.05) is 4.90 Å². The molecule has 94 valence electrons. The monoisotopic (exact) mass is 240 g/mol. The van der Waals surface area contributed by atoms with Gasteiger partial charge >= 0.3 is 0 Å². The largest absolute Gasteiger partial charge is 0.297 e. The molecule has 0 N–H and O–H groups in total. The van der Waals surface area contributed by atoms with Crippen LogP contribution in [0.5, 0.6) is 0 Å². The number of aromatic nitrogens is 1. The number of nitrogens with zero attached hydrogens (tertiary/aromatic N) is 2. The molecule has 0 saturated carbocycles. The maximum Gasteiger partial charge on any atom is 0.287 e. The molecule has 2 heterocycles. The maximum absolute atomic E-state index is 14.0. The molecule has 1 aromatic rings. The molecule has 1 aromatic heterocycles. The van der Waals surface area contributed by atoms with Crippen LogP contribution in [0.4, 0.5) is 8.78 Å². The summed E-state index contributed by atoms with van der Waals surface area (Å²) in [6, 6.07) is 3.12. The van der Waals surface area contributed by atoms with Crippen molar-refractivity contribution in [3.63, 3.8) is 0 Å². The number of alkyl halides is 2. The standard InChI is InChI=1S/C13H18F2N2/c1-11-5-6-12(9-16-11)13(14,15)10-17-7-3-2-4-8-17/h5-6,9H,2-4,7-8,10H2,1H3. The molecule has 1 aliphatic rings. The van der Waals surface area contributed by atoms with Crippen LogP contribution in [0.25, 0.3) is 0 Å². The zero-order valence-corrected chi connectivity index (χ0v) is 10.1. The number of rotatable bonds is 3. The minimum Gasteiger partial charge on any atom is -0.297 e. The number of hydrogen-bond donors (Lipinski definition) is 0. The van der Waals surface area contributed by atoms with Crippen LogP contribution < -0.4 is 0 Å². The van der Waals surface area contributed by atoms with Gasteiger partial charge < -0.3 is 0 Å². The Labute approximate surface area is 101 Å². The van der Waals surface area contributed by atoms with Crippen molar-refractivity contribution in [1.29, 1.82) is 0 Å². The zero-order chi connectivity index (χ0) is 12.3. The predicted octanol–water partition coefficient (Wildman–Crippen LogP) is 2.97. The second kappa shape index (κ2) is 5.08.